The van der Waals surface area contributed by atoms with Gasteiger partial charge in [-0.2, -0.15) is 0 Å². The number of carbonyl (C=O) groups is 1. The zero-order chi connectivity index (χ0) is 22.2. The Balaban J connectivity index is 1.69. The number of fused-ring (bicyclic) bond motifs is 1. The number of sulfonamides is 1. The minimum atomic E-state index is -3.85. The quantitative estimate of drug-likeness (QED) is 0.563. The normalized spacial score (nSPS) is 13.5. The Morgan fingerprint density at radius 1 is 1.10 bits per heavy atom. The number of hydrogen-bond acceptors (Lipinski definition) is 4. The molecule has 4 rings (SSSR count). The van der Waals surface area contributed by atoms with Crippen LogP contribution in [0.5, 0.6) is 0 Å². The third kappa shape index (κ3) is 4.08. The summed E-state index contributed by atoms with van der Waals surface area (Å²) in [6, 6.07) is 15.1. The van der Waals surface area contributed by atoms with E-state index in [-0.39, 0.29) is 15.5 Å². The van der Waals surface area contributed by atoms with Crippen molar-refractivity contribution < 1.29 is 17.6 Å². The zero-order valence-electron chi connectivity index (χ0n) is 16.3. The second kappa shape index (κ2) is 8.20. The van der Waals surface area contributed by atoms with E-state index in [2.05, 4.69) is 5.32 Å². The van der Waals surface area contributed by atoms with E-state index in [1.165, 1.54) is 28.6 Å². The Hall–Kier alpha value is -3.10. The van der Waals surface area contributed by atoms with Gasteiger partial charge in [-0.05, 0) is 60.9 Å². The number of nitrogen functional groups attached to an aromatic ring is 1. The van der Waals surface area contributed by atoms with Crippen LogP contribution in [0.15, 0.2) is 65.6 Å². The molecule has 1 aliphatic heterocycles. The van der Waals surface area contributed by atoms with Crippen LogP contribution in [0.3, 0.4) is 0 Å². The molecule has 3 aromatic carbocycles. The second-order valence-electron chi connectivity index (χ2n) is 7.15. The van der Waals surface area contributed by atoms with Crippen LogP contribution in [-0.2, 0) is 16.4 Å². The van der Waals surface area contributed by atoms with Gasteiger partial charge in [0.2, 0.25) is 0 Å². The van der Waals surface area contributed by atoms with Crippen LogP contribution in [0.25, 0.3) is 0 Å². The van der Waals surface area contributed by atoms with Crippen LogP contribution < -0.4 is 15.4 Å². The summed E-state index contributed by atoms with van der Waals surface area (Å²) in [5, 5.41) is 2.59. The molecule has 0 saturated carbocycles. The van der Waals surface area contributed by atoms with Gasteiger partial charge in [-0.1, -0.05) is 29.8 Å². The fourth-order valence-electron chi connectivity index (χ4n) is 3.58. The van der Waals surface area contributed by atoms with E-state index in [1.807, 2.05) is 0 Å². The van der Waals surface area contributed by atoms with E-state index in [0.717, 1.165) is 11.6 Å². The van der Waals surface area contributed by atoms with Crippen LogP contribution in [0, 0.1) is 5.82 Å². The van der Waals surface area contributed by atoms with Gasteiger partial charge >= 0.3 is 0 Å². The van der Waals surface area contributed by atoms with Crippen LogP contribution >= 0.6 is 11.6 Å². The lowest BCUT2D eigenvalue weighted by atomic mass is 10.0. The molecule has 31 heavy (non-hydrogen) atoms. The molecule has 0 atom stereocenters. The highest BCUT2D eigenvalue weighted by molar-refractivity contribution is 7.92. The third-order valence-electron chi connectivity index (χ3n) is 5.06. The van der Waals surface area contributed by atoms with Gasteiger partial charge in [-0.15, -0.1) is 0 Å². The van der Waals surface area contributed by atoms with Crippen LogP contribution in [0.4, 0.5) is 21.5 Å². The van der Waals surface area contributed by atoms with Crippen LogP contribution in [0.1, 0.15) is 22.3 Å². The summed E-state index contributed by atoms with van der Waals surface area (Å²) in [4.78, 5) is 12.7. The number of nitrogens with one attached hydrogen (secondary N) is 1. The second-order valence-corrected chi connectivity index (χ2v) is 9.42. The molecule has 0 fully saturated rings. The summed E-state index contributed by atoms with van der Waals surface area (Å²) in [5.41, 5.74) is 7.47. The Morgan fingerprint density at radius 3 is 2.61 bits per heavy atom. The van der Waals surface area contributed by atoms with E-state index in [9.17, 15) is 17.6 Å². The van der Waals surface area contributed by atoms with Gasteiger partial charge in [0.1, 0.15) is 5.82 Å². The maximum Gasteiger partial charge on any atom is 0.264 e. The maximum absolute atomic E-state index is 14.1. The topological polar surface area (TPSA) is 92.5 Å². The molecule has 0 unspecified atom stereocenters. The standard InChI is InChI=1S/C22H19ClFN3O3S/c23-18-7-2-8-19(24)21(18)22(28)26-16-10-9-14-4-3-11-27(20(14)13-16)31(29,30)17-6-1-5-15(25)12-17/h1-2,5-10,12-13H,3-4,11,25H2,(H,26,28). The summed E-state index contributed by atoms with van der Waals surface area (Å²) < 4.78 is 41.9. The number of hydrogen-bond donors (Lipinski definition) is 2. The number of amides is 1. The molecule has 160 valence electrons. The molecule has 3 N–H and O–H groups in total. The van der Waals surface area contributed by atoms with Gasteiger partial charge in [0.15, 0.2) is 0 Å². The largest absolute Gasteiger partial charge is 0.399 e. The molecule has 1 aliphatic rings. The highest BCUT2D eigenvalue weighted by Gasteiger charge is 2.29. The molecule has 6 nitrogen and oxygen atoms in total. The smallest absolute Gasteiger partial charge is 0.264 e. The number of benzene rings is 3. The monoisotopic (exact) mass is 459 g/mol. The van der Waals surface area contributed by atoms with E-state index >= 15 is 0 Å². The predicted octanol–water partition coefficient (Wildman–Crippen LogP) is 4.46. The van der Waals surface area contributed by atoms with Gasteiger partial charge in [-0.3, -0.25) is 9.10 Å². The van der Waals surface area contributed by atoms with Crippen molar-refractivity contribution in [3.05, 3.63) is 82.6 Å². The maximum atomic E-state index is 14.1. The SMILES string of the molecule is Nc1cccc(S(=O)(=O)N2CCCc3ccc(NC(=O)c4c(F)cccc4Cl)cc32)c1. The number of nitrogens with two attached hydrogens (primary N) is 1. The number of carbonyl (C=O) groups excluding carboxylic acids is 1. The lowest BCUT2D eigenvalue weighted by molar-refractivity contribution is 0.102. The van der Waals surface area contributed by atoms with Gasteiger partial charge in [0, 0.05) is 17.9 Å². The van der Waals surface area contributed by atoms with E-state index in [1.54, 1.807) is 30.3 Å². The third-order valence-corrected chi connectivity index (χ3v) is 7.18. The van der Waals surface area contributed by atoms with Crippen molar-refractivity contribution in [2.75, 3.05) is 21.9 Å². The van der Waals surface area contributed by atoms with Gasteiger partial charge in [0.05, 0.1) is 21.2 Å². The fourth-order valence-corrected chi connectivity index (χ4v) is 5.42. The molecule has 0 saturated heterocycles. The summed E-state index contributed by atoms with van der Waals surface area (Å²) in [7, 11) is -3.85. The van der Waals surface area contributed by atoms with Crippen molar-refractivity contribution in [2.45, 2.75) is 17.7 Å². The zero-order valence-corrected chi connectivity index (χ0v) is 17.9. The fraction of sp³-hybridized carbons (Fsp3) is 0.136. The van der Waals surface area contributed by atoms with Gasteiger partial charge in [0.25, 0.3) is 15.9 Å². The predicted molar refractivity (Wildman–Crippen MR) is 120 cm³/mol. The molecule has 0 aromatic heterocycles. The number of halogens is 2. The van der Waals surface area contributed by atoms with E-state index in [4.69, 9.17) is 17.3 Å². The van der Waals surface area contributed by atoms with Crippen molar-refractivity contribution in [3.63, 3.8) is 0 Å². The molecule has 3 aromatic rings. The molecule has 0 radical (unpaired) electrons. The minimum Gasteiger partial charge on any atom is -0.399 e. The lowest BCUT2D eigenvalue weighted by Gasteiger charge is -2.31. The molecule has 9 heteroatoms. The molecular weight excluding hydrogens is 441 g/mol. The Labute approximate surface area is 184 Å². The van der Waals surface area contributed by atoms with Crippen molar-refractivity contribution in [3.8, 4) is 0 Å². The number of nitrogens with zero attached hydrogens (tertiary/aromatic N) is 1. The molecular formula is C22H19ClFN3O3S. The first-order valence-corrected chi connectivity index (χ1v) is 11.4. The van der Waals surface area contributed by atoms with Crippen molar-refractivity contribution in [2.24, 2.45) is 0 Å². The minimum absolute atomic E-state index is 0.0127. The molecule has 0 aliphatic carbocycles. The number of anilines is 3. The average molecular weight is 460 g/mol. The van der Waals surface area contributed by atoms with Crippen molar-refractivity contribution in [1.82, 2.24) is 0 Å². The van der Waals surface area contributed by atoms with Gasteiger partial charge < -0.3 is 11.1 Å². The lowest BCUT2D eigenvalue weighted by Crippen LogP contribution is -2.35. The summed E-state index contributed by atoms with van der Waals surface area (Å²) >= 11 is 5.97. The summed E-state index contributed by atoms with van der Waals surface area (Å²) in [5.74, 6) is -1.46. The molecule has 0 bridgehead atoms. The summed E-state index contributed by atoms with van der Waals surface area (Å²) in [6.45, 7) is 0.292. The van der Waals surface area contributed by atoms with E-state index in [0.29, 0.717) is 36.4 Å². The Kier molecular flexibility index (Phi) is 5.60. The average Bonchev–Trinajstić information content (AvgIpc) is 2.73. The van der Waals surface area contributed by atoms with Gasteiger partial charge in [-0.25, -0.2) is 12.8 Å². The first-order valence-electron chi connectivity index (χ1n) is 9.54. The number of aryl methyl sites for hydroxylation is 1. The number of rotatable bonds is 4. The first-order chi connectivity index (χ1) is 14.8. The first kappa shape index (κ1) is 21.1. The van der Waals surface area contributed by atoms with Crippen molar-refractivity contribution >= 4 is 44.6 Å². The Morgan fingerprint density at radius 2 is 1.87 bits per heavy atom. The Bertz CT molecular complexity index is 1260. The van der Waals surface area contributed by atoms with Crippen LogP contribution in [0.2, 0.25) is 5.02 Å². The van der Waals surface area contributed by atoms with Crippen molar-refractivity contribution in [1.29, 1.82) is 0 Å². The highest BCUT2D eigenvalue weighted by atomic mass is 35.5. The molecule has 1 amide bonds. The van der Waals surface area contributed by atoms with Crippen LogP contribution in [-0.4, -0.2) is 20.9 Å². The molecule has 1 heterocycles. The highest BCUT2D eigenvalue weighted by Crippen LogP contribution is 2.34. The van der Waals surface area contributed by atoms with E-state index < -0.39 is 21.7 Å². The molecule has 0 spiro atoms. The summed E-state index contributed by atoms with van der Waals surface area (Å²) in [6.07, 6.45) is 1.36.